The Morgan fingerprint density at radius 3 is 2.42 bits per heavy atom. The fourth-order valence-corrected chi connectivity index (χ4v) is 6.11. The number of sulfone groups is 1. The summed E-state index contributed by atoms with van der Waals surface area (Å²) in [6.07, 6.45) is 1.34. The molecule has 1 atom stereocenters. The average Bonchev–Trinajstić information content (AvgIpc) is 3.26. The van der Waals surface area contributed by atoms with Crippen molar-refractivity contribution in [2.45, 2.75) is 30.9 Å². The second-order valence-corrected chi connectivity index (χ2v) is 11.7. The molecule has 0 spiro atoms. The number of aromatic nitrogens is 4. The van der Waals surface area contributed by atoms with Crippen LogP contribution in [0.4, 0.5) is 0 Å². The molecule has 1 N–H and O–H groups in total. The Morgan fingerprint density at radius 1 is 1.03 bits per heavy atom. The van der Waals surface area contributed by atoms with Crippen molar-refractivity contribution < 1.29 is 13.5 Å². The number of hydrogen-bond acceptors (Lipinski definition) is 8. The molecule has 1 saturated heterocycles. The number of hydrogen-bond donors (Lipinski definition) is 1. The molecule has 0 bridgehead atoms. The maximum absolute atomic E-state index is 12.6. The highest BCUT2D eigenvalue weighted by Gasteiger charge is 2.22. The summed E-state index contributed by atoms with van der Waals surface area (Å²) in [7, 11) is -0.291. The van der Waals surface area contributed by atoms with Crippen LogP contribution in [0.15, 0.2) is 45.1 Å². The monoisotopic (exact) mass is 518 g/mol. The van der Waals surface area contributed by atoms with Gasteiger partial charge in [0.2, 0.25) is 0 Å². The maximum atomic E-state index is 12.6. The quantitative estimate of drug-likeness (QED) is 0.406. The molecule has 1 fully saturated rings. The molecule has 0 aliphatic carbocycles. The van der Waals surface area contributed by atoms with Gasteiger partial charge >= 0.3 is 5.69 Å². The van der Waals surface area contributed by atoms with Crippen molar-refractivity contribution in [3.63, 3.8) is 0 Å². The second-order valence-electron chi connectivity index (χ2n) is 9.56. The number of aliphatic hydroxyl groups is 1. The molecule has 4 rings (SSSR count). The lowest BCUT2D eigenvalue weighted by Gasteiger charge is -2.35. The van der Waals surface area contributed by atoms with Gasteiger partial charge in [-0.1, -0.05) is 12.1 Å². The molecular weight excluding hydrogens is 484 g/mol. The molecule has 36 heavy (non-hydrogen) atoms. The van der Waals surface area contributed by atoms with Crippen LogP contribution in [0.2, 0.25) is 0 Å². The Hall–Kier alpha value is -2.80. The van der Waals surface area contributed by atoms with E-state index >= 15 is 0 Å². The van der Waals surface area contributed by atoms with E-state index in [-0.39, 0.29) is 12.3 Å². The van der Waals surface area contributed by atoms with Gasteiger partial charge in [-0.2, -0.15) is 0 Å². The molecule has 11 nitrogen and oxygen atoms in total. The number of β-amino-alcohol motifs (C(OH)–C–C–N with tert-alkyl or cyclic N) is 1. The van der Waals surface area contributed by atoms with Gasteiger partial charge in [0, 0.05) is 46.8 Å². The number of fused-ring (bicyclic) bond motifs is 1. The van der Waals surface area contributed by atoms with Crippen molar-refractivity contribution in [1.82, 2.24) is 28.5 Å². The molecule has 1 unspecified atom stereocenters. The van der Waals surface area contributed by atoms with E-state index < -0.39 is 27.2 Å². The fraction of sp³-hybridized carbons (Fsp3) is 0.542. The minimum atomic E-state index is -3.28. The zero-order valence-electron chi connectivity index (χ0n) is 21.0. The fourth-order valence-electron chi connectivity index (χ4n) is 4.72. The molecular formula is C24H34N6O5S. The van der Waals surface area contributed by atoms with E-state index in [2.05, 4.69) is 14.8 Å². The lowest BCUT2D eigenvalue weighted by atomic mass is 10.2. The Morgan fingerprint density at radius 2 is 1.72 bits per heavy atom. The summed E-state index contributed by atoms with van der Waals surface area (Å²) in [5, 5.41) is 10.7. The standard InChI is InChI=1S/C24H34N6O5S/c1-18-6-4-7-20(14-18)36(34,35)13-5-8-28-9-11-29(12-10-28)15-19(31)16-30-17-25-22-21(30)23(32)27(3)24(33)26(22)2/h4,6-7,14,17,19,31H,5,8-13,15-16H2,1-3H3. The highest BCUT2D eigenvalue weighted by molar-refractivity contribution is 7.91. The average molecular weight is 519 g/mol. The van der Waals surface area contributed by atoms with Crippen molar-refractivity contribution >= 4 is 21.0 Å². The summed E-state index contributed by atoms with van der Waals surface area (Å²) in [4.78, 5) is 33.7. The van der Waals surface area contributed by atoms with Crippen LogP contribution < -0.4 is 11.2 Å². The molecule has 0 amide bonds. The number of rotatable bonds is 9. The van der Waals surface area contributed by atoms with Crippen LogP contribution in [0.3, 0.4) is 0 Å². The molecule has 196 valence electrons. The van der Waals surface area contributed by atoms with E-state index in [1.165, 1.54) is 17.9 Å². The molecule has 2 aromatic heterocycles. The Labute approximate surface area is 210 Å². The van der Waals surface area contributed by atoms with Gasteiger partial charge in [-0.3, -0.25) is 18.8 Å². The summed E-state index contributed by atoms with van der Waals surface area (Å²) in [6, 6.07) is 7.02. The van der Waals surface area contributed by atoms with Gasteiger partial charge in [0.25, 0.3) is 5.56 Å². The SMILES string of the molecule is Cc1cccc(S(=O)(=O)CCCN2CCN(CC(O)Cn3cnc4c3c(=O)n(C)c(=O)n4C)CC2)c1. The molecule has 0 saturated carbocycles. The lowest BCUT2D eigenvalue weighted by Crippen LogP contribution is -2.49. The number of benzene rings is 1. The van der Waals surface area contributed by atoms with Crippen molar-refractivity contribution in [3.8, 4) is 0 Å². The number of aryl methyl sites for hydroxylation is 2. The zero-order valence-corrected chi connectivity index (χ0v) is 21.8. The van der Waals surface area contributed by atoms with Crippen molar-refractivity contribution in [3.05, 3.63) is 57.0 Å². The summed E-state index contributed by atoms with van der Waals surface area (Å²) in [6.45, 7) is 6.37. The third kappa shape index (κ3) is 5.61. The highest BCUT2D eigenvalue weighted by Crippen LogP contribution is 2.14. The van der Waals surface area contributed by atoms with Crippen molar-refractivity contribution in [1.29, 1.82) is 0 Å². The minimum absolute atomic E-state index is 0.124. The minimum Gasteiger partial charge on any atom is -0.390 e. The van der Waals surface area contributed by atoms with E-state index in [1.54, 1.807) is 29.8 Å². The summed E-state index contributed by atoms with van der Waals surface area (Å²) >= 11 is 0. The van der Waals surface area contributed by atoms with Gasteiger partial charge in [0.1, 0.15) is 0 Å². The molecule has 12 heteroatoms. The van der Waals surface area contributed by atoms with Gasteiger partial charge in [-0.05, 0) is 37.6 Å². The predicted octanol–water partition coefficient (Wildman–Crippen LogP) is -0.415. The predicted molar refractivity (Wildman–Crippen MR) is 137 cm³/mol. The van der Waals surface area contributed by atoms with E-state index in [0.717, 1.165) is 36.3 Å². The molecule has 0 radical (unpaired) electrons. The van der Waals surface area contributed by atoms with E-state index in [0.29, 0.717) is 35.6 Å². The Kier molecular flexibility index (Phi) is 7.79. The summed E-state index contributed by atoms with van der Waals surface area (Å²) in [5.74, 6) is 0.124. The number of imidazole rings is 1. The lowest BCUT2D eigenvalue weighted by molar-refractivity contribution is 0.0650. The molecule has 1 aliphatic rings. The van der Waals surface area contributed by atoms with Crippen LogP contribution >= 0.6 is 0 Å². The number of nitrogens with zero attached hydrogens (tertiary/aromatic N) is 6. The molecule has 3 heterocycles. The first kappa shape index (κ1) is 26.3. The van der Waals surface area contributed by atoms with Crippen LogP contribution in [0.25, 0.3) is 11.2 Å². The summed E-state index contributed by atoms with van der Waals surface area (Å²) < 4.78 is 29.1. The Bertz CT molecular complexity index is 1450. The normalized spacial score (nSPS) is 16.6. The van der Waals surface area contributed by atoms with Crippen molar-refractivity contribution in [2.24, 2.45) is 14.1 Å². The van der Waals surface area contributed by atoms with E-state index in [1.807, 2.05) is 13.0 Å². The zero-order chi connectivity index (χ0) is 26.0. The van der Waals surface area contributed by atoms with Crippen LogP contribution in [-0.2, 0) is 30.5 Å². The highest BCUT2D eigenvalue weighted by atomic mass is 32.2. The smallest absolute Gasteiger partial charge is 0.332 e. The van der Waals surface area contributed by atoms with Crippen LogP contribution in [0.1, 0.15) is 12.0 Å². The topological polar surface area (TPSA) is 123 Å². The third-order valence-corrected chi connectivity index (χ3v) is 8.59. The largest absolute Gasteiger partial charge is 0.390 e. The first-order chi connectivity index (χ1) is 17.1. The van der Waals surface area contributed by atoms with Gasteiger partial charge in [-0.25, -0.2) is 18.2 Å². The summed E-state index contributed by atoms with van der Waals surface area (Å²) in [5.41, 5.74) is 0.654. The first-order valence-electron chi connectivity index (χ1n) is 12.1. The van der Waals surface area contributed by atoms with E-state index in [9.17, 15) is 23.1 Å². The van der Waals surface area contributed by atoms with Gasteiger partial charge < -0.3 is 14.6 Å². The van der Waals surface area contributed by atoms with Crippen LogP contribution in [-0.4, -0.2) is 93.1 Å². The van der Waals surface area contributed by atoms with Gasteiger partial charge in [0.15, 0.2) is 21.0 Å². The van der Waals surface area contributed by atoms with Crippen molar-refractivity contribution in [2.75, 3.05) is 45.0 Å². The Balaban J connectivity index is 1.26. The van der Waals surface area contributed by atoms with Gasteiger partial charge in [0.05, 0.1) is 29.6 Å². The third-order valence-electron chi connectivity index (χ3n) is 6.79. The number of piperazine rings is 1. The van der Waals surface area contributed by atoms with Gasteiger partial charge in [-0.15, -0.1) is 0 Å². The number of aliphatic hydroxyl groups excluding tert-OH is 1. The second kappa shape index (κ2) is 10.7. The molecule has 1 aromatic carbocycles. The molecule has 1 aliphatic heterocycles. The van der Waals surface area contributed by atoms with E-state index in [4.69, 9.17) is 0 Å². The first-order valence-corrected chi connectivity index (χ1v) is 13.7. The van der Waals surface area contributed by atoms with Crippen LogP contribution in [0, 0.1) is 6.92 Å². The van der Waals surface area contributed by atoms with Crippen LogP contribution in [0.5, 0.6) is 0 Å². The maximum Gasteiger partial charge on any atom is 0.332 e. The molecule has 3 aromatic rings.